The van der Waals surface area contributed by atoms with E-state index in [9.17, 15) is 14.7 Å². The van der Waals surface area contributed by atoms with Gasteiger partial charge in [0, 0.05) is 18.8 Å². The van der Waals surface area contributed by atoms with Gasteiger partial charge in [-0.1, -0.05) is 30.3 Å². The maximum absolute atomic E-state index is 12.0. The molecule has 0 radical (unpaired) electrons. The summed E-state index contributed by atoms with van der Waals surface area (Å²) in [6, 6.07) is 14.3. The van der Waals surface area contributed by atoms with Gasteiger partial charge in [-0.2, -0.15) is 0 Å². The lowest BCUT2D eigenvalue weighted by atomic mass is 10.1. The van der Waals surface area contributed by atoms with Crippen molar-refractivity contribution in [3.63, 3.8) is 0 Å². The Bertz CT molecular complexity index is 771. The Morgan fingerprint density at radius 1 is 1.04 bits per heavy atom. The van der Waals surface area contributed by atoms with Crippen molar-refractivity contribution < 1.29 is 19.4 Å². The molecule has 1 heterocycles. The molecule has 0 saturated carbocycles. The van der Waals surface area contributed by atoms with E-state index in [2.05, 4.69) is 10.2 Å². The molecule has 136 valence electrons. The lowest BCUT2D eigenvalue weighted by Gasteiger charge is -2.30. The number of amides is 1. The quantitative estimate of drug-likeness (QED) is 0.844. The van der Waals surface area contributed by atoms with Crippen LogP contribution < -0.4 is 10.2 Å². The molecule has 1 fully saturated rings. The molecule has 3 rings (SSSR count). The largest absolute Gasteiger partial charge is 0.478 e. The first-order valence-corrected chi connectivity index (χ1v) is 8.73. The zero-order valence-electron chi connectivity index (χ0n) is 14.5. The van der Waals surface area contributed by atoms with Gasteiger partial charge in [-0.15, -0.1) is 0 Å². The highest BCUT2D eigenvalue weighted by Crippen LogP contribution is 2.27. The van der Waals surface area contributed by atoms with Crippen LogP contribution >= 0.6 is 0 Å². The second-order valence-corrected chi connectivity index (χ2v) is 6.27. The zero-order valence-corrected chi connectivity index (χ0v) is 14.5. The van der Waals surface area contributed by atoms with Gasteiger partial charge in [0.15, 0.2) is 0 Å². The molecule has 0 atom stereocenters. The second kappa shape index (κ2) is 8.38. The van der Waals surface area contributed by atoms with Crippen LogP contribution in [0.2, 0.25) is 0 Å². The summed E-state index contributed by atoms with van der Waals surface area (Å²) in [7, 11) is 0. The van der Waals surface area contributed by atoms with Crippen molar-refractivity contribution in [3.8, 4) is 0 Å². The minimum atomic E-state index is -1.01. The van der Waals surface area contributed by atoms with Crippen molar-refractivity contribution in [2.75, 3.05) is 23.3 Å². The molecule has 6 nitrogen and oxygen atoms in total. The average molecular weight is 354 g/mol. The molecular formula is C20H22N2O4. The summed E-state index contributed by atoms with van der Waals surface area (Å²) in [6.45, 7) is 1.86. The number of hydrogen-bond acceptors (Lipinski definition) is 4. The van der Waals surface area contributed by atoms with E-state index in [4.69, 9.17) is 4.74 Å². The first kappa shape index (κ1) is 17.8. The highest BCUT2D eigenvalue weighted by Gasteiger charge is 2.19. The van der Waals surface area contributed by atoms with Gasteiger partial charge in [0.1, 0.15) is 6.61 Å². The number of anilines is 2. The number of piperidine rings is 1. The van der Waals surface area contributed by atoms with Crippen LogP contribution in [0, 0.1) is 0 Å². The molecule has 0 spiro atoms. The van der Waals surface area contributed by atoms with Crippen molar-refractivity contribution in [1.29, 1.82) is 0 Å². The van der Waals surface area contributed by atoms with Gasteiger partial charge in [-0.05, 0) is 43.0 Å². The average Bonchev–Trinajstić information content (AvgIpc) is 2.68. The van der Waals surface area contributed by atoms with Gasteiger partial charge in [0.25, 0.3) is 0 Å². The molecule has 2 aromatic carbocycles. The van der Waals surface area contributed by atoms with Crippen molar-refractivity contribution in [1.82, 2.24) is 0 Å². The SMILES string of the molecule is O=C(Nc1ccc(N2CCCCC2)c(C(=O)O)c1)OCc1ccccc1. The topological polar surface area (TPSA) is 78.9 Å². The number of benzene rings is 2. The van der Waals surface area contributed by atoms with Crippen LogP contribution in [0.1, 0.15) is 35.2 Å². The lowest BCUT2D eigenvalue weighted by Crippen LogP contribution is -2.30. The van der Waals surface area contributed by atoms with Crippen molar-refractivity contribution in [2.24, 2.45) is 0 Å². The Labute approximate surface area is 152 Å². The standard InChI is InChI=1S/C20H22N2O4/c23-19(24)17-13-16(9-10-18(17)22-11-5-2-6-12-22)21-20(25)26-14-15-7-3-1-4-8-15/h1,3-4,7-10,13H,2,5-6,11-12,14H2,(H,21,25)(H,23,24). The molecule has 1 aliphatic rings. The number of hydrogen-bond donors (Lipinski definition) is 2. The number of aromatic carboxylic acids is 1. The molecule has 6 heteroatoms. The summed E-state index contributed by atoms with van der Waals surface area (Å²) >= 11 is 0. The van der Waals surface area contributed by atoms with Crippen LogP contribution in [-0.2, 0) is 11.3 Å². The molecule has 26 heavy (non-hydrogen) atoms. The van der Waals surface area contributed by atoms with Crippen LogP contribution in [0.5, 0.6) is 0 Å². The van der Waals surface area contributed by atoms with Crippen molar-refractivity contribution >= 4 is 23.4 Å². The number of nitrogens with one attached hydrogen (secondary N) is 1. The molecule has 0 aromatic heterocycles. The smallest absolute Gasteiger partial charge is 0.411 e. The summed E-state index contributed by atoms with van der Waals surface area (Å²) in [6.07, 6.45) is 2.68. The highest BCUT2D eigenvalue weighted by atomic mass is 16.5. The molecule has 2 N–H and O–H groups in total. The fourth-order valence-corrected chi connectivity index (χ4v) is 3.07. The molecule has 0 unspecified atom stereocenters. The van der Waals surface area contributed by atoms with E-state index in [1.165, 1.54) is 12.5 Å². The molecule has 0 aliphatic carbocycles. The Kier molecular flexibility index (Phi) is 5.73. The van der Waals surface area contributed by atoms with Gasteiger partial charge in [-0.25, -0.2) is 9.59 Å². The first-order valence-electron chi connectivity index (χ1n) is 8.73. The number of carbonyl (C=O) groups is 2. The lowest BCUT2D eigenvalue weighted by molar-refractivity contribution is 0.0697. The summed E-state index contributed by atoms with van der Waals surface area (Å²) in [5, 5.41) is 12.1. The molecular weight excluding hydrogens is 332 g/mol. The van der Waals surface area contributed by atoms with Crippen LogP contribution in [-0.4, -0.2) is 30.3 Å². The summed E-state index contributed by atoms with van der Waals surface area (Å²) < 4.78 is 5.17. The molecule has 0 bridgehead atoms. The normalized spacial score (nSPS) is 13.9. The molecule has 2 aromatic rings. The number of carboxylic acids is 1. The van der Waals surface area contributed by atoms with Gasteiger partial charge >= 0.3 is 12.1 Å². The van der Waals surface area contributed by atoms with Crippen LogP contribution in [0.15, 0.2) is 48.5 Å². The van der Waals surface area contributed by atoms with Crippen molar-refractivity contribution in [2.45, 2.75) is 25.9 Å². The van der Waals surface area contributed by atoms with E-state index in [0.717, 1.165) is 31.5 Å². The van der Waals surface area contributed by atoms with Crippen LogP contribution in [0.25, 0.3) is 0 Å². The van der Waals surface area contributed by atoms with E-state index in [1.807, 2.05) is 30.3 Å². The van der Waals surface area contributed by atoms with Gasteiger partial charge in [0.2, 0.25) is 0 Å². The Morgan fingerprint density at radius 2 is 1.77 bits per heavy atom. The Hall–Kier alpha value is -3.02. The number of nitrogens with zero attached hydrogens (tertiary/aromatic N) is 1. The van der Waals surface area contributed by atoms with Gasteiger partial charge in [0.05, 0.1) is 11.3 Å². The van der Waals surface area contributed by atoms with E-state index < -0.39 is 12.1 Å². The number of ether oxygens (including phenoxy) is 1. The maximum atomic E-state index is 12.0. The Balaban J connectivity index is 1.67. The summed E-state index contributed by atoms with van der Waals surface area (Å²) in [4.78, 5) is 25.7. The maximum Gasteiger partial charge on any atom is 0.411 e. The zero-order chi connectivity index (χ0) is 18.4. The highest BCUT2D eigenvalue weighted by molar-refractivity contribution is 5.97. The third-order valence-electron chi connectivity index (χ3n) is 4.38. The van der Waals surface area contributed by atoms with E-state index >= 15 is 0 Å². The number of carbonyl (C=O) groups excluding carboxylic acids is 1. The second-order valence-electron chi connectivity index (χ2n) is 6.27. The van der Waals surface area contributed by atoms with Gasteiger partial charge in [-0.3, -0.25) is 5.32 Å². The van der Waals surface area contributed by atoms with E-state index in [0.29, 0.717) is 11.4 Å². The fourth-order valence-electron chi connectivity index (χ4n) is 3.07. The number of carboxylic acid groups (broad SMARTS) is 1. The molecule has 1 amide bonds. The predicted octanol–water partition coefficient (Wildman–Crippen LogP) is 4.12. The van der Waals surface area contributed by atoms with Crippen LogP contribution in [0.3, 0.4) is 0 Å². The minimum absolute atomic E-state index is 0.157. The van der Waals surface area contributed by atoms with E-state index in [-0.39, 0.29) is 12.2 Å². The van der Waals surface area contributed by atoms with Gasteiger partial charge < -0.3 is 14.7 Å². The monoisotopic (exact) mass is 354 g/mol. The summed E-state index contributed by atoms with van der Waals surface area (Å²) in [5.74, 6) is -1.01. The van der Waals surface area contributed by atoms with Crippen molar-refractivity contribution in [3.05, 3.63) is 59.7 Å². The predicted molar refractivity (Wildman–Crippen MR) is 99.7 cm³/mol. The number of rotatable bonds is 5. The first-order chi connectivity index (χ1) is 12.6. The summed E-state index contributed by atoms with van der Waals surface area (Å²) in [5.41, 5.74) is 2.17. The Morgan fingerprint density at radius 3 is 2.46 bits per heavy atom. The van der Waals surface area contributed by atoms with E-state index in [1.54, 1.807) is 12.1 Å². The third kappa shape index (κ3) is 4.53. The fraction of sp³-hybridized carbons (Fsp3) is 0.300. The minimum Gasteiger partial charge on any atom is -0.478 e. The molecule has 1 saturated heterocycles. The van der Waals surface area contributed by atoms with Crippen LogP contribution in [0.4, 0.5) is 16.2 Å². The third-order valence-corrected chi connectivity index (χ3v) is 4.38. The molecule has 1 aliphatic heterocycles.